The lowest BCUT2D eigenvalue weighted by Gasteiger charge is -2.28. The number of hydrogen-bond donors (Lipinski definition) is 1. The molecule has 6 heteroatoms. The van der Waals surface area contributed by atoms with Crippen molar-refractivity contribution < 1.29 is 0 Å². The Morgan fingerprint density at radius 3 is 2.56 bits per heavy atom. The van der Waals surface area contributed by atoms with Crippen molar-refractivity contribution in [3.8, 4) is 5.69 Å². The minimum Gasteiger partial charge on any atom is -0.352 e. The minimum absolute atomic E-state index is 0.0227. The van der Waals surface area contributed by atoms with E-state index in [1.807, 2.05) is 12.3 Å². The molecule has 0 saturated carbocycles. The Kier molecular flexibility index (Phi) is 6.63. The van der Waals surface area contributed by atoms with Crippen LogP contribution in [-0.2, 0) is 0 Å². The lowest BCUT2D eigenvalue weighted by Crippen LogP contribution is -2.32. The van der Waals surface area contributed by atoms with Crippen LogP contribution in [0.25, 0.3) is 5.69 Å². The third-order valence-electron chi connectivity index (χ3n) is 6.25. The molecule has 3 heterocycles. The van der Waals surface area contributed by atoms with Crippen molar-refractivity contribution in [3.63, 3.8) is 0 Å². The summed E-state index contributed by atoms with van der Waals surface area (Å²) in [5.41, 5.74) is 7.27. The normalized spacial score (nSPS) is 18.4. The molecular formula is C26H33N5S. The van der Waals surface area contributed by atoms with Gasteiger partial charge in [0.2, 0.25) is 0 Å². The molecule has 2 atom stereocenters. The Morgan fingerprint density at radius 1 is 1.06 bits per heavy atom. The van der Waals surface area contributed by atoms with Crippen LogP contribution in [0.4, 0.5) is 0 Å². The zero-order valence-corrected chi connectivity index (χ0v) is 20.5. The van der Waals surface area contributed by atoms with Gasteiger partial charge in [-0.1, -0.05) is 18.2 Å². The Bertz CT molecular complexity index is 1090. The van der Waals surface area contributed by atoms with Crippen molar-refractivity contribution >= 4 is 17.3 Å². The van der Waals surface area contributed by atoms with E-state index in [0.717, 1.165) is 30.3 Å². The van der Waals surface area contributed by atoms with Gasteiger partial charge in [-0.25, -0.2) is 0 Å². The van der Waals surface area contributed by atoms with Crippen molar-refractivity contribution in [3.05, 3.63) is 82.9 Å². The molecule has 1 aromatic carbocycles. The fourth-order valence-corrected chi connectivity index (χ4v) is 5.13. The SMILES string of the molecule is Cc1cccc(-n2c(C)cc([C@@H]3[C@@H](c4ccccn4)NC(=S)N3CCCN(C)C)c2C)c1. The third-order valence-corrected chi connectivity index (χ3v) is 6.60. The van der Waals surface area contributed by atoms with Gasteiger partial charge in [0.25, 0.3) is 0 Å². The topological polar surface area (TPSA) is 36.3 Å². The summed E-state index contributed by atoms with van der Waals surface area (Å²) in [4.78, 5) is 9.26. The molecule has 1 aliphatic heterocycles. The fourth-order valence-electron chi connectivity index (χ4n) is 4.79. The van der Waals surface area contributed by atoms with Crippen LogP contribution in [-0.4, -0.2) is 51.6 Å². The highest BCUT2D eigenvalue weighted by Crippen LogP contribution is 2.41. The molecule has 0 amide bonds. The first-order chi connectivity index (χ1) is 15.4. The zero-order valence-electron chi connectivity index (χ0n) is 19.7. The van der Waals surface area contributed by atoms with E-state index in [4.69, 9.17) is 12.2 Å². The highest BCUT2D eigenvalue weighted by atomic mass is 32.1. The van der Waals surface area contributed by atoms with E-state index in [1.54, 1.807) is 0 Å². The summed E-state index contributed by atoms with van der Waals surface area (Å²) in [6.45, 7) is 8.49. The summed E-state index contributed by atoms with van der Waals surface area (Å²) < 4.78 is 2.36. The predicted octanol–water partition coefficient (Wildman–Crippen LogP) is 4.72. The molecule has 1 saturated heterocycles. The quantitative estimate of drug-likeness (QED) is 0.530. The van der Waals surface area contributed by atoms with E-state index < -0.39 is 0 Å². The van der Waals surface area contributed by atoms with E-state index in [-0.39, 0.29) is 12.1 Å². The van der Waals surface area contributed by atoms with Crippen LogP contribution >= 0.6 is 12.2 Å². The van der Waals surface area contributed by atoms with Crippen LogP contribution in [0, 0.1) is 20.8 Å². The van der Waals surface area contributed by atoms with Gasteiger partial charge in [0.05, 0.1) is 17.8 Å². The maximum atomic E-state index is 5.83. The monoisotopic (exact) mass is 447 g/mol. The van der Waals surface area contributed by atoms with Gasteiger partial charge in [-0.2, -0.15) is 0 Å². The van der Waals surface area contributed by atoms with Crippen molar-refractivity contribution in [1.29, 1.82) is 0 Å². The highest BCUT2D eigenvalue weighted by Gasteiger charge is 2.41. The second-order valence-corrected chi connectivity index (χ2v) is 9.36. The first-order valence-corrected chi connectivity index (χ1v) is 11.7. The molecule has 0 radical (unpaired) electrons. The standard InChI is InChI=1S/C26H33N5S/c1-18-10-8-11-21(16-18)31-19(2)17-22(20(31)3)25-24(23-12-6-7-13-27-23)28-26(32)30(25)15-9-14-29(4)5/h6-8,10-13,16-17,24-25H,9,14-15H2,1-5H3,(H,28,32)/t24-,25-/m1/s1. The van der Waals surface area contributed by atoms with Gasteiger partial charge < -0.3 is 19.7 Å². The molecule has 5 nitrogen and oxygen atoms in total. The van der Waals surface area contributed by atoms with Crippen LogP contribution in [0.5, 0.6) is 0 Å². The largest absolute Gasteiger partial charge is 0.352 e. The van der Waals surface area contributed by atoms with Gasteiger partial charge in [0.1, 0.15) is 0 Å². The van der Waals surface area contributed by atoms with E-state index in [0.29, 0.717) is 0 Å². The number of aryl methyl sites for hydroxylation is 2. The first kappa shape index (κ1) is 22.5. The van der Waals surface area contributed by atoms with E-state index in [2.05, 4.69) is 102 Å². The summed E-state index contributed by atoms with van der Waals surface area (Å²) in [7, 11) is 4.23. The highest BCUT2D eigenvalue weighted by molar-refractivity contribution is 7.80. The summed E-state index contributed by atoms with van der Waals surface area (Å²) in [6.07, 6.45) is 2.92. The van der Waals surface area contributed by atoms with Crippen molar-refractivity contribution in [2.24, 2.45) is 0 Å². The fraction of sp³-hybridized carbons (Fsp3) is 0.385. The lowest BCUT2D eigenvalue weighted by molar-refractivity contribution is 0.292. The lowest BCUT2D eigenvalue weighted by atomic mass is 9.96. The first-order valence-electron chi connectivity index (χ1n) is 11.3. The molecule has 3 aromatic rings. The second-order valence-electron chi connectivity index (χ2n) is 8.98. The summed E-state index contributed by atoms with van der Waals surface area (Å²) in [5.74, 6) is 0. The minimum atomic E-state index is 0.0227. The number of benzene rings is 1. The second kappa shape index (κ2) is 9.43. The Morgan fingerprint density at radius 2 is 1.88 bits per heavy atom. The average molecular weight is 448 g/mol. The average Bonchev–Trinajstić information content (AvgIpc) is 3.24. The molecule has 4 rings (SSSR count). The van der Waals surface area contributed by atoms with Gasteiger partial charge >= 0.3 is 0 Å². The van der Waals surface area contributed by atoms with Crippen LogP contribution in [0.1, 0.15) is 46.7 Å². The van der Waals surface area contributed by atoms with E-state index in [1.165, 1.54) is 28.2 Å². The Labute approximate surface area is 197 Å². The van der Waals surface area contributed by atoms with Gasteiger partial charge in [0, 0.05) is 29.8 Å². The molecule has 1 fully saturated rings. The van der Waals surface area contributed by atoms with Crippen LogP contribution in [0.3, 0.4) is 0 Å². The molecule has 2 aromatic heterocycles. The van der Waals surface area contributed by atoms with Gasteiger partial charge in [-0.3, -0.25) is 4.98 Å². The summed E-state index contributed by atoms with van der Waals surface area (Å²) >= 11 is 5.83. The third kappa shape index (κ3) is 4.43. The molecule has 0 spiro atoms. The van der Waals surface area contributed by atoms with Gasteiger partial charge in [0.15, 0.2) is 5.11 Å². The molecule has 32 heavy (non-hydrogen) atoms. The number of hydrogen-bond acceptors (Lipinski definition) is 3. The zero-order chi connectivity index (χ0) is 22.8. The molecular weight excluding hydrogens is 414 g/mol. The number of rotatable bonds is 7. The Hall–Kier alpha value is -2.70. The predicted molar refractivity (Wildman–Crippen MR) is 135 cm³/mol. The van der Waals surface area contributed by atoms with Gasteiger partial charge in [-0.15, -0.1) is 0 Å². The molecule has 0 unspecified atom stereocenters. The summed E-state index contributed by atoms with van der Waals surface area (Å²) in [5, 5.41) is 4.39. The number of thiocarbonyl (C=S) groups is 1. The van der Waals surface area contributed by atoms with Crippen molar-refractivity contribution in [2.45, 2.75) is 39.3 Å². The Balaban J connectivity index is 1.77. The smallest absolute Gasteiger partial charge is 0.170 e. The van der Waals surface area contributed by atoms with Crippen LogP contribution < -0.4 is 5.32 Å². The maximum Gasteiger partial charge on any atom is 0.170 e. The van der Waals surface area contributed by atoms with Crippen molar-refractivity contribution in [2.75, 3.05) is 27.2 Å². The number of pyridine rings is 1. The molecule has 168 valence electrons. The van der Waals surface area contributed by atoms with E-state index in [9.17, 15) is 0 Å². The van der Waals surface area contributed by atoms with Gasteiger partial charge in [-0.05, 0) is 102 Å². The number of aromatic nitrogens is 2. The summed E-state index contributed by atoms with van der Waals surface area (Å²) in [6, 6.07) is 17.2. The number of nitrogens with zero attached hydrogens (tertiary/aromatic N) is 4. The van der Waals surface area contributed by atoms with E-state index >= 15 is 0 Å². The van der Waals surface area contributed by atoms with Crippen molar-refractivity contribution in [1.82, 2.24) is 24.7 Å². The van der Waals surface area contributed by atoms with Crippen LogP contribution in [0.2, 0.25) is 0 Å². The molecule has 1 N–H and O–H groups in total. The maximum absolute atomic E-state index is 5.83. The molecule has 1 aliphatic rings. The van der Waals surface area contributed by atoms with Crippen LogP contribution in [0.15, 0.2) is 54.7 Å². The number of nitrogens with one attached hydrogen (secondary N) is 1. The molecule has 0 aliphatic carbocycles. The molecule has 0 bridgehead atoms.